The lowest BCUT2D eigenvalue weighted by Gasteiger charge is -2.36. The third-order valence-corrected chi connectivity index (χ3v) is 5.69. The lowest BCUT2D eigenvalue weighted by atomic mass is 9.86. The van der Waals surface area contributed by atoms with Gasteiger partial charge in [-0.2, -0.15) is 0 Å². The minimum atomic E-state index is -0.342. The molecule has 4 rings (SSSR count). The topological polar surface area (TPSA) is 63.1 Å². The average Bonchev–Trinajstić information content (AvgIpc) is 2.76. The van der Waals surface area contributed by atoms with Gasteiger partial charge in [0.1, 0.15) is 11.5 Å². The smallest absolute Gasteiger partial charge is 0.275 e. The third-order valence-electron chi connectivity index (χ3n) is 5.69. The van der Waals surface area contributed by atoms with Crippen molar-refractivity contribution < 1.29 is 19.2 Å². The van der Waals surface area contributed by atoms with Crippen LogP contribution >= 0.6 is 0 Å². The van der Waals surface area contributed by atoms with Gasteiger partial charge >= 0.3 is 0 Å². The second-order valence-corrected chi connectivity index (χ2v) is 7.71. The largest absolute Gasteiger partial charge is 0.457 e. The summed E-state index contributed by atoms with van der Waals surface area (Å²) in [6.07, 6.45) is 0.942. The summed E-state index contributed by atoms with van der Waals surface area (Å²) in [4.78, 5) is 28.7. The van der Waals surface area contributed by atoms with Crippen LogP contribution in [0.1, 0.15) is 30.4 Å². The number of ether oxygens (including phenoxy) is 1. The quantitative estimate of drug-likeness (QED) is 0.801. The maximum Gasteiger partial charge on any atom is 0.275 e. The van der Waals surface area contributed by atoms with Gasteiger partial charge in [-0.1, -0.05) is 43.3 Å². The number of piperazine rings is 1. The number of benzene rings is 2. The molecule has 0 aromatic heterocycles. The summed E-state index contributed by atoms with van der Waals surface area (Å²) < 4.78 is 6.02. The van der Waals surface area contributed by atoms with E-state index in [1.165, 1.54) is 4.90 Å². The van der Waals surface area contributed by atoms with Crippen molar-refractivity contribution in [3.63, 3.8) is 0 Å². The zero-order chi connectivity index (χ0) is 20.2. The van der Waals surface area contributed by atoms with Crippen LogP contribution in [0.3, 0.4) is 0 Å². The fourth-order valence-corrected chi connectivity index (χ4v) is 4.13. The van der Waals surface area contributed by atoms with E-state index in [1.807, 2.05) is 60.4 Å². The van der Waals surface area contributed by atoms with Crippen molar-refractivity contribution in [2.75, 3.05) is 39.3 Å². The molecule has 0 spiro atoms. The van der Waals surface area contributed by atoms with Gasteiger partial charge in [0.05, 0.1) is 32.1 Å². The average molecular weight is 394 g/mol. The molecule has 0 atom stereocenters. The molecule has 1 saturated heterocycles. The molecular formula is C23H28N3O3+. The summed E-state index contributed by atoms with van der Waals surface area (Å²) in [5.41, 5.74) is 1.84. The molecule has 2 heterocycles. The summed E-state index contributed by atoms with van der Waals surface area (Å²) >= 11 is 0. The predicted octanol–water partition coefficient (Wildman–Crippen LogP) is 1.18. The highest BCUT2D eigenvalue weighted by Crippen LogP contribution is 2.44. The maximum absolute atomic E-state index is 13.5. The Morgan fingerprint density at radius 3 is 2.21 bits per heavy atom. The van der Waals surface area contributed by atoms with Gasteiger partial charge in [-0.15, -0.1) is 0 Å². The molecule has 152 valence electrons. The third kappa shape index (κ3) is 4.12. The first kappa shape index (κ1) is 19.5. The standard InChI is InChI=1S/C23H27N3O3/c1-2-11-24-21(27)16-25-12-14-26(15-13-25)23(28)22-17-7-3-5-9-19(17)29-20-10-6-4-8-18(20)22/h3-10,22H,2,11-16H2,1H3,(H,24,27)/p+1. The van der Waals surface area contributed by atoms with Crippen molar-refractivity contribution in [1.82, 2.24) is 10.2 Å². The second-order valence-electron chi connectivity index (χ2n) is 7.71. The van der Waals surface area contributed by atoms with Gasteiger partial charge in [0.15, 0.2) is 6.54 Å². The molecule has 2 aromatic rings. The van der Waals surface area contributed by atoms with Crippen molar-refractivity contribution >= 4 is 11.8 Å². The lowest BCUT2D eigenvalue weighted by Crippen LogP contribution is -3.15. The number of rotatable bonds is 5. The molecule has 2 aliphatic heterocycles. The number of fused-ring (bicyclic) bond motifs is 2. The van der Waals surface area contributed by atoms with Crippen LogP contribution in [0.2, 0.25) is 0 Å². The van der Waals surface area contributed by atoms with Crippen molar-refractivity contribution in [1.29, 1.82) is 0 Å². The van der Waals surface area contributed by atoms with Crippen LogP contribution < -0.4 is 15.0 Å². The van der Waals surface area contributed by atoms with Gasteiger partial charge in [-0.25, -0.2) is 0 Å². The maximum atomic E-state index is 13.5. The highest BCUT2D eigenvalue weighted by molar-refractivity contribution is 5.89. The number of amides is 2. The summed E-state index contributed by atoms with van der Waals surface area (Å²) in [5, 5.41) is 2.93. The van der Waals surface area contributed by atoms with Crippen molar-refractivity contribution in [2.45, 2.75) is 19.3 Å². The summed E-state index contributed by atoms with van der Waals surface area (Å²) in [6.45, 7) is 6.15. The Bertz CT molecular complexity index is 845. The van der Waals surface area contributed by atoms with E-state index in [0.717, 1.165) is 48.7 Å². The number of quaternary nitrogens is 1. The first-order valence-electron chi connectivity index (χ1n) is 10.4. The highest BCUT2D eigenvalue weighted by Gasteiger charge is 2.36. The van der Waals surface area contributed by atoms with Crippen LogP contribution in [0.15, 0.2) is 48.5 Å². The monoisotopic (exact) mass is 394 g/mol. The second kappa shape index (κ2) is 8.66. The molecule has 29 heavy (non-hydrogen) atoms. The summed E-state index contributed by atoms with van der Waals surface area (Å²) in [6, 6.07) is 15.6. The molecule has 0 saturated carbocycles. The minimum Gasteiger partial charge on any atom is -0.457 e. The van der Waals surface area contributed by atoms with Crippen LogP contribution in [-0.2, 0) is 9.59 Å². The first-order valence-corrected chi connectivity index (χ1v) is 10.4. The fourth-order valence-electron chi connectivity index (χ4n) is 4.13. The van der Waals surface area contributed by atoms with Crippen LogP contribution in [-0.4, -0.2) is 56.0 Å². The predicted molar refractivity (Wildman–Crippen MR) is 110 cm³/mol. The summed E-state index contributed by atoms with van der Waals surface area (Å²) in [5.74, 6) is 1.37. The molecular weight excluding hydrogens is 366 g/mol. The van der Waals surface area contributed by atoms with Gasteiger partial charge in [-0.05, 0) is 18.6 Å². The zero-order valence-corrected chi connectivity index (χ0v) is 16.8. The Balaban J connectivity index is 1.46. The lowest BCUT2D eigenvalue weighted by molar-refractivity contribution is -0.896. The first-order chi connectivity index (χ1) is 14.2. The van der Waals surface area contributed by atoms with Crippen LogP contribution in [0.4, 0.5) is 0 Å². The van der Waals surface area contributed by atoms with E-state index < -0.39 is 0 Å². The number of para-hydroxylation sites is 2. The van der Waals surface area contributed by atoms with E-state index in [-0.39, 0.29) is 17.7 Å². The Kier molecular flexibility index (Phi) is 5.81. The van der Waals surface area contributed by atoms with Gasteiger partial charge in [0, 0.05) is 17.7 Å². The number of nitrogens with one attached hydrogen (secondary N) is 2. The number of carbonyl (C=O) groups is 2. The number of hydrogen-bond acceptors (Lipinski definition) is 3. The molecule has 0 radical (unpaired) electrons. The number of nitrogens with zero attached hydrogens (tertiary/aromatic N) is 1. The molecule has 2 N–H and O–H groups in total. The molecule has 2 aliphatic rings. The summed E-state index contributed by atoms with van der Waals surface area (Å²) in [7, 11) is 0. The van der Waals surface area contributed by atoms with Crippen molar-refractivity contribution in [3.8, 4) is 11.5 Å². The van der Waals surface area contributed by atoms with Crippen molar-refractivity contribution in [3.05, 3.63) is 59.7 Å². The molecule has 0 bridgehead atoms. The van der Waals surface area contributed by atoms with Gasteiger partial charge in [-0.3, -0.25) is 9.59 Å². The Morgan fingerprint density at radius 1 is 1.03 bits per heavy atom. The zero-order valence-electron chi connectivity index (χ0n) is 16.8. The Hall–Kier alpha value is -2.86. The van der Waals surface area contributed by atoms with E-state index >= 15 is 0 Å². The van der Waals surface area contributed by atoms with Crippen LogP contribution in [0.25, 0.3) is 0 Å². The van der Waals surface area contributed by atoms with E-state index in [2.05, 4.69) is 5.32 Å². The van der Waals surface area contributed by atoms with Crippen molar-refractivity contribution in [2.24, 2.45) is 0 Å². The molecule has 6 heteroatoms. The van der Waals surface area contributed by atoms with E-state index in [9.17, 15) is 9.59 Å². The Morgan fingerprint density at radius 2 is 1.62 bits per heavy atom. The van der Waals surface area contributed by atoms with Gasteiger partial charge in [0.25, 0.3) is 5.91 Å². The molecule has 1 fully saturated rings. The number of carbonyl (C=O) groups excluding carboxylic acids is 2. The SMILES string of the molecule is CCCNC(=O)C[NH+]1CCN(C(=O)C2c3ccccc3Oc3ccccc32)CC1. The molecule has 0 aliphatic carbocycles. The van der Waals surface area contributed by atoms with E-state index in [4.69, 9.17) is 4.74 Å². The van der Waals surface area contributed by atoms with E-state index in [0.29, 0.717) is 19.6 Å². The molecule has 2 aromatic carbocycles. The fraction of sp³-hybridized carbons (Fsp3) is 0.391. The van der Waals surface area contributed by atoms with Crippen LogP contribution in [0.5, 0.6) is 11.5 Å². The minimum absolute atomic E-state index is 0.0916. The number of hydrogen-bond donors (Lipinski definition) is 2. The Labute approximate surface area is 171 Å². The highest BCUT2D eigenvalue weighted by atomic mass is 16.5. The van der Waals surface area contributed by atoms with E-state index in [1.54, 1.807) is 0 Å². The van der Waals surface area contributed by atoms with Crippen LogP contribution in [0, 0.1) is 0 Å². The van der Waals surface area contributed by atoms with Gasteiger partial charge < -0.3 is 19.9 Å². The normalized spacial score (nSPS) is 16.5. The molecule has 0 unspecified atom stereocenters. The molecule has 2 amide bonds. The molecule has 6 nitrogen and oxygen atoms in total. The van der Waals surface area contributed by atoms with Gasteiger partial charge in [0.2, 0.25) is 5.91 Å².